The molecule has 32 heavy (non-hydrogen) atoms. The molecule has 1 amide bonds. The van der Waals surface area contributed by atoms with Crippen LogP contribution in [0.5, 0.6) is 5.88 Å². The van der Waals surface area contributed by atoms with Crippen LogP contribution in [0.3, 0.4) is 0 Å². The number of carbonyl (C=O) groups is 3. The van der Waals surface area contributed by atoms with E-state index in [1.807, 2.05) is 0 Å². The average Bonchev–Trinajstić information content (AvgIpc) is 2.78. The molecule has 0 aliphatic heterocycles. The fraction of sp³-hybridized carbons (Fsp3) is 0.167. The lowest BCUT2D eigenvalue weighted by atomic mass is 10.0. The molecule has 2 aromatic carbocycles. The van der Waals surface area contributed by atoms with Gasteiger partial charge in [-0.3, -0.25) is 14.4 Å². The van der Waals surface area contributed by atoms with Gasteiger partial charge in [0.15, 0.2) is 5.78 Å². The standard InChI is InChI=1S/C24H21ClN2O5/c1-14(28)15-6-5-7-16(10-15)19-11-17(13-26-24(19)32-2)23(31)27-21(12-22(29)30)18-8-3-4-9-20(18)25/h3-11,13,21H,12H2,1-2H3,(H,27,31)(H,29,30). The van der Waals surface area contributed by atoms with E-state index in [-0.39, 0.29) is 23.6 Å². The molecule has 0 radical (unpaired) electrons. The maximum absolute atomic E-state index is 13.0. The van der Waals surface area contributed by atoms with Crippen molar-refractivity contribution >= 4 is 29.3 Å². The number of carboxylic acids is 1. The Kier molecular flexibility index (Phi) is 7.22. The Bertz CT molecular complexity index is 1180. The zero-order valence-corrected chi connectivity index (χ0v) is 18.2. The van der Waals surface area contributed by atoms with Gasteiger partial charge in [0, 0.05) is 22.3 Å². The van der Waals surface area contributed by atoms with Gasteiger partial charge in [-0.15, -0.1) is 0 Å². The Morgan fingerprint density at radius 3 is 2.50 bits per heavy atom. The minimum Gasteiger partial charge on any atom is -0.481 e. The highest BCUT2D eigenvalue weighted by atomic mass is 35.5. The Morgan fingerprint density at radius 2 is 1.84 bits per heavy atom. The zero-order chi connectivity index (χ0) is 23.3. The molecule has 0 saturated heterocycles. The van der Waals surface area contributed by atoms with Crippen molar-refractivity contribution in [3.8, 4) is 17.0 Å². The summed E-state index contributed by atoms with van der Waals surface area (Å²) in [4.78, 5) is 40.3. The van der Waals surface area contributed by atoms with Gasteiger partial charge >= 0.3 is 5.97 Å². The number of benzene rings is 2. The Morgan fingerprint density at radius 1 is 1.09 bits per heavy atom. The molecule has 3 rings (SSSR count). The molecule has 164 valence electrons. The van der Waals surface area contributed by atoms with Crippen molar-refractivity contribution in [2.75, 3.05) is 7.11 Å². The number of aromatic nitrogens is 1. The van der Waals surface area contributed by atoms with Gasteiger partial charge in [0.2, 0.25) is 5.88 Å². The largest absolute Gasteiger partial charge is 0.481 e. The van der Waals surface area contributed by atoms with Crippen LogP contribution in [0.25, 0.3) is 11.1 Å². The Labute approximate surface area is 190 Å². The van der Waals surface area contributed by atoms with Crippen LogP contribution in [0.1, 0.15) is 45.7 Å². The first-order valence-electron chi connectivity index (χ1n) is 9.72. The maximum atomic E-state index is 13.0. The number of ketones is 1. The van der Waals surface area contributed by atoms with Gasteiger partial charge in [0.25, 0.3) is 5.91 Å². The van der Waals surface area contributed by atoms with E-state index in [0.717, 1.165) is 0 Å². The second-order valence-electron chi connectivity index (χ2n) is 7.06. The highest BCUT2D eigenvalue weighted by molar-refractivity contribution is 6.31. The SMILES string of the molecule is COc1ncc(C(=O)NC(CC(=O)O)c2ccccc2Cl)cc1-c1cccc(C(C)=O)c1. The lowest BCUT2D eigenvalue weighted by Crippen LogP contribution is -2.30. The Hall–Kier alpha value is -3.71. The number of carbonyl (C=O) groups excluding carboxylic acids is 2. The van der Waals surface area contributed by atoms with Crippen molar-refractivity contribution in [2.45, 2.75) is 19.4 Å². The summed E-state index contributed by atoms with van der Waals surface area (Å²) in [7, 11) is 1.46. The number of nitrogens with one attached hydrogen (secondary N) is 1. The molecule has 0 fully saturated rings. The number of hydrogen-bond donors (Lipinski definition) is 2. The molecule has 2 N–H and O–H groups in total. The lowest BCUT2D eigenvalue weighted by molar-refractivity contribution is -0.137. The molecule has 7 nitrogen and oxygen atoms in total. The molecule has 1 unspecified atom stereocenters. The van der Waals surface area contributed by atoms with E-state index < -0.39 is 17.9 Å². The minimum atomic E-state index is -1.08. The number of ether oxygens (including phenoxy) is 1. The van der Waals surface area contributed by atoms with Crippen molar-refractivity contribution < 1.29 is 24.2 Å². The molecule has 1 aromatic heterocycles. The van der Waals surface area contributed by atoms with Crippen LogP contribution in [-0.2, 0) is 4.79 Å². The number of aliphatic carboxylic acids is 1. The fourth-order valence-corrected chi connectivity index (χ4v) is 3.53. The van der Waals surface area contributed by atoms with Crippen molar-refractivity contribution in [3.05, 3.63) is 82.5 Å². The summed E-state index contributed by atoms with van der Waals surface area (Å²) in [6, 6.07) is 14.4. The van der Waals surface area contributed by atoms with Crippen LogP contribution in [0.15, 0.2) is 60.8 Å². The summed E-state index contributed by atoms with van der Waals surface area (Å²) < 4.78 is 5.33. The smallest absolute Gasteiger partial charge is 0.305 e. The second-order valence-corrected chi connectivity index (χ2v) is 7.47. The fourth-order valence-electron chi connectivity index (χ4n) is 3.26. The highest BCUT2D eigenvalue weighted by Gasteiger charge is 2.22. The summed E-state index contributed by atoms with van der Waals surface area (Å²) in [5, 5.41) is 12.4. The van der Waals surface area contributed by atoms with Crippen LogP contribution in [0.2, 0.25) is 5.02 Å². The van der Waals surface area contributed by atoms with Crippen LogP contribution in [0, 0.1) is 0 Å². The van der Waals surface area contributed by atoms with E-state index in [9.17, 15) is 19.5 Å². The van der Waals surface area contributed by atoms with Crippen LogP contribution < -0.4 is 10.1 Å². The van der Waals surface area contributed by atoms with Crippen LogP contribution in [-0.4, -0.2) is 34.9 Å². The van der Waals surface area contributed by atoms with E-state index in [1.165, 1.54) is 20.2 Å². The van der Waals surface area contributed by atoms with Gasteiger partial charge in [0.05, 0.1) is 25.1 Å². The molecule has 0 saturated carbocycles. The second kappa shape index (κ2) is 10.1. The predicted molar refractivity (Wildman–Crippen MR) is 120 cm³/mol. The zero-order valence-electron chi connectivity index (χ0n) is 17.5. The number of halogens is 1. The van der Waals surface area contributed by atoms with Crippen molar-refractivity contribution in [2.24, 2.45) is 0 Å². The van der Waals surface area contributed by atoms with Gasteiger partial charge in [-0.25, -0.2) is 4.98 Å². The highest BCUT2D eigenvalue weighted by Crippen LogP contribution is 2.30. The molecule has 0 spiro atoms. The van der Waals surface area contributed by atoms with Crippen molar-refractivity contribution in [1.29, 1.82) is 0 Å². The predicted octanol–water partition coefficient (Wildman–Crippen LogP) is 4.56. The summed E-state index contributed by atoms with van der Waals surface area (Å²) in [5.41, 5.74) is 2.40. The van der Waals surface area contributed by atoms with E-state index in [2.05, 4.69) is 10.3 Å². The summed E-state index contributed by atoms with van der Waals surface area (Å²) in [5.74, 6) is -1.40. The molecular formula is C24H21ClN2O5. The number of rotatable bonds is 8. The van der Waals surface area contributed by atoms with Gasteiger partial charge in [-0.05, 0) is 36.2 Å². The van der Waals surface area contributed by atoms with E-state index in [4.69, 9.17) is 16.3 Å². The number of amides is 1. The quantitative estimate of drug-likeness (QED) is 0.485. The van der Waals surface area contributed by atoms with Crippen LogP contribution in [0.4, 0.5) is 0 Å². The van der Waals surface area contributed by atoms with Gasteiger partial charge in [0.1, 0.15) is 0 Å². The molecule has 0 bridgehead atoms. The molecule has 0 aliphatic rings. The normalized spacial score (nSPS) is 11.5. The van der Waals surface area contributed by atoms with Gasteiger partial charge < -0.3 is 15.2 Å². The lowest BCUT2D eigenvalue weighted by Gasteiger charge is -2.19. The van der Waals surface area contributed by atoms with Crippen molar-refractivity contribution in [1.82, 2.24) is 10.3 Å². The molecular weight excluding hydrogens is 432 g/mol. The summed E-state index contributed by atoms with van der Waals surface area (Å²) in [6.07, 6.45) is 1.00. The first-order chi connectivity index (χ1) is 15.3. The monoisotopic (exact) mass is 452 g/mol. The van der Waals surface area contributed by atoms with E-state index in [1.54, 1.807) is 54.6 Å². The van der Waals surface area contributed by atoms with Crippen LogP contribution >= 0.6 is 11.6 Å². The number of carboxylic acid groups (broad SMARTS) is 1. The first kappa shape index (κ1) is 23.0. The van der Waals surface area contributed by atoms with E-state index in [0.29, 0.717) is 27.3 Å². The number of nitrogens with zero attached hydrogens (tertiary/aromatic N) is 1. The molecule has 0 aliphatic carbocycles. The molecule has 1 heterocycles. The molecule has 1 atom stereocenters. The number of hydrogen-bond acceptors (Lipinski definition) is 5. The molecule has 3 aromatic rings. The topological polar surface area (TPSA) is 106 Å². The summed E-state index contributed by atoms with van der Waals surface area (Å²) in [6.45, 7) is 1.47. The van der Waals surface area contributed by atoms with Crippen molar-refractivity contribution in [3.63, 3.8) is 0 Å². The minimum absolute atomic E-state index is 0.0936. The molecule has 8 heteroatoms. The van der Waals surface area contributed by atoms with Gasteiger partial charge in [-0.2, -0.15) is 0 Å². The summed E-state index contributed by atoms with van der Waals surface area (Å²) >= 11 is 6.22. The Balaban J connectivity index is 1.96. The number of pyridine rings is 1. The number of methoxy groups -OCH3 is 1. The third kappa shape index (κ3) is 5.31. The van der Waals surface area contributed by atoms with Gasteiger partial charge in [-0.1, -0.05) is 48.0 Å². The first-order valence-corrected chi connectivity index (χ1v) is 10.1. The maximum Gasteiger partial charge on any atom is 0.305 e. The number of Topliss-reactive ketones (excluding diaryl/α,β-unsaturated/α-hetero) is 1. The third-order valence-corrected chi connectivity index (χ3v) is 5.20. The average molecular weight is 453 g/mol. The third-order valence-electron chi connectivity index (χ3n) is 4.85. The van der Waals surface area contributed by atoms with E-state index >= 15 is 0 Å².